The molecule has 0 atom stereocenters. The van der Waals surface area contributed by atoms with Crippen LogP contribution in [0.1, 0.15) is 17.4 Å². The highest BCUT2D eigenvalue weighted by molar-refractivity contribution is 5.91. The molecule has 20 heavy (non-hydrogen) atoms. The van der Waals surface area contributed by atoms with Gasteiger partial charge in [0, 0.05) is 0 Å². The van der Waals surface area contributed by atoms with E-state index in [1.54, 1.807) is 6.92 Å². The molecule has 1 aromatic heterocycles. The van der Waals surface area contributed by atoms with E-state index in [0.29, 0.717) is 5.69 Å². The molecule has 0 fully saturated rings. The molecule has 7 nitrogen and oxygen atoms in total. The van der Waals surface area contributed by atoms with Gasteiger partial charge in [0.15, 0.2) is 0 Å². The first kappa shape index (κ1) is 13.7. The summed E-state index contributed by atoms with van der Waals surface area (Å²) in [6.07, 6.45) is 1.08. The van der Waals surface area contributed by atoms with E-state index in [-0.39, 0.29) is 12.3 Å². The first-order chi connectivity index (χ1) is 9.52. The van der Waals surface area contributed by atoms with E-state index >= 15 is 0 Å². The second-order valence-corrected chi connectivity index (χ2v) is 3.76. The van der Waals surface area contributed by atoms with Crippen LogP contribution in [0.4, 0.5) is 10.1 Å². The van der Waals surface area contributed by atoms with Crippen LogP contribution in [0.15, 0.2) is 30.5 Å². The molecular weight excluding hydrogens is 269 g/mol. The van der Waals surface area contributed by atoms with Crippen LogP contribution in [0.2, 0.25) is 0 Å². The van der Waals surface area contributed by atoms with Gasteiger partial charge in [0.1, 0.15) is 12.0 Å². The quantitative estimate of drug-likeness (QED) is 0.486. The number of carbonyl (C=O) groups is 1. The summed E-state index contributed by atoms with van der Waals surface area (Å²) in [7, 11) is 0. The molecule has 0 aliphatic carbocycles. The van der Waals surface area contributed by atoms with Crippen molar-refractivity contribution in [1.82, 2.24) is 9.78 Å². The number of ether oxygens (including phenoxy) is 1. The van der Waals surface area contributed by atoms with Gasteiger partial charge in [-0.25, -0.2) is 13.9 Å². The van der Waals surface area contributed by atoms with Crippen molar-refractivity contribution < 1.29 is 18.8 Å². The highest BCUT2D eigenvalue weighted by Gasteiger charge is 2.27. The van der Waals surface area contributed by atoms with Crippen molar-refractivity contribution in [3.05, 3.63) is 52.1 Å². The third-order valence-electron chi connectivity index (χ3n) is 2.45. The third kappa shape index (κ3) is 2.63. The molecule has 2 rings (SSSR count). The summed E-state index contributed by atoms with van der Waals surface area (Å²) in [6.45, 7) is 1.67. The fourth-order valence-corrected chi connectivity index (χ4v) is 1.57. The van der Waals surface area contributed by atoms with Gasteiger partial charge in [-0.05, 0) is 31.2 Å². The Labute approximate surface area is 112 Å². The van der Waals surface area contributed by atoms with Crippen molar-refractivity contribution in [1.29, 1.82) is 0 Å². The summed E-state index contributed by atoms with van der Waals surface area (Å²) in [5, 5.41) is 14.7. The van der Waals surface area contributed by atoms with Crippen molar-refractivity contribution in [2.75, 3.05) is 6.61 Å². The van der Waals surface area contributed by atoms with Crippen LogP contribution in [0.3, 0.4) is 0 Å². The first-order valence-electron chi connectivity index (χ1n) is 5.70. The fraction of sp³-hybridized carbons (Fsp3) is 0.167. The molecule has 8 heteroatoms. The Kier molecular flexibility index (Phi) is 3.74. The zero-order chi connectivity index (χ0) is 14.7. The minimum Gasteiger partial charge on any atom is -0.461 e. The average molecular weight is 279 g/mol. The topological polar surface area (TPSA) is 87.3 Å². The van der Waals surface area contributed by atoms with Gasteiger partial charge < -0.3 is 4.74 Å². The maximum atomic E-state index is 12.8. The number of halogens is 1. The number of benzene rings is 1. The molecular formula is C12H10FN3O4. The molecule has 0 unspecified atom stereocenters. The summed E-state index contributed by atoms with van der Waals surface area (Å²) in [4.78, 5) is 21.8. The summed E-state index contributed by atoms with van der Waals surface area (Å²) < 4.78 is 18.7. The van der Waals surface area contributed by atoms with Gasteiger partial charge in [0.25, 0.3) is 0 Å². The van der Waals surface area contributed by atoms with Crippen LogP contribution in [0, 0.1) is 15.9 Å². The van der Waals surface area contributed by atoms with E-state index in [9.17, 15) is 19.3 Å². The van der Waals surface area contributed by atoms with Crippen molar-refractivity contribution in [3.63, 3.8) is 0 Å². The van der Waals surface area contributed by atoms with Gasteiger partial charge >= 0.3 is 11.7 Å². The maximum absolute atomic E-state index is 12.8. The first-order valence-corrected chi connectivity index (χ1v) is 5.70. The minimum absolute atomic E-state index is 0.0827. The molecule has 0 aliphatic heterocycles. The summed E-state index contributed by atoms with van der Waals surface area (Å²) in [6, 6.07) is 5.15. The third-order valence-corrected chi connectivity index (χ3v) is 2.45. The molecule has 1 aromatic carbocycles. The zero-order valence-electron chi connectivity index (χ0n) is 10.4. The molecule has 0 N–H and O–H groups in total. The SMILES string of the molecule is CCOC(=O)c1nn(-c2ccc(F)cc2)cc1[N+](=O)[O-]. The average Bonchev–Trinajstić information content (AvgIpc) is 2.85. The fourth-order valence-electron chi connectivity index (χ4n) is 1.57. The van der Waals surface area contributed by atoms with Gasteiger partial charge in [0.05, 0.1) is 17.2 Å². The molecule has 0 radical (unpaired) electrons. The lowest BCUT2D eigenvalue weighted by molar-refractivity contribution is -0.385. The predicted octanol–water partition coefficient (Wildman–Crippen LogP) is 2.10. The van der Waals surface area contributed by atoms with Crippen molar-refractivity contribution in [3.8, 4) is 5.69 Å². The van der Waals surface area contributed by atoms with Crippen molar-refractivity contribution in [2.24, 2.45) is 0 Å². The van der Waals surface area contributed by atoms with E-state index in [1.165, 1.54) is 24.3 Å². The van der Waals surface area contributed by atoms with Crippen LogP contribution in [0.25, 0.3) is 5.69 Å². The Hall–Kier alpha value is -2.77. The lowest BCUT2D eigenvalue weighted by atomic mass is 10.3. The van der Waals surface area contributed by atoms with Crippen molar-refractivity contribution in [2.45, 2.75) is 6.92 Å². The lowest BCUT2D eigenvalue weighted by Gasteiger charge is -1.99. The molecule has 0 spiro atoms. The standard InChI is InChI=1S/C12H10FN3O4/c1-2-20-12(17)11-10(16(18)19)7-15(14-11)9-5-3-8(13)4-6-9/h3-7H,2H2,1H3. The Morgan fingerprint density at radius 3 is 2.65 bits per heavy atom. The van der Waals surface area contributed by atoms with Crippen LogP contribution in [-0.2, 0) is 4.74 Å². The normalized spacial score (nSPS) is 10.3. The Bertz CT molecular complexity index is 651. The van der Waals surface area contributed by atoms with E-state index < -0.39 is 22.4 Å². The number of nitro groups is 1. The number of rotatable bonds is 4. The molecule has 2 aromatic rings. The number of hydrogen-bond donors (Lipinski definition) is 0. The molecule has 0 amide bonds. The summed E-state index contributed by atoms with van der Waals surface area (Å²) in [5.41, 5.74) is -0.459. The van der Waals surface area contributed by atoms with Gasteiger partial charge in [0.2, 0.25) is 5.69 Å². The van der Waals surface area contributed by atoms with Gasteiger partial charge in [-0.15, -0.1) is 0 Å². The monoisotopic (exact) mass is 279 g/mol. The summed E-state index contributed by atoms with van der Waals surface area (Å²) in [5.74, 6) is -1.32. The largest absolute Gasteiger partial charge is 0.461 e. The van der Waals surface area contributed by atoms with Crippen LogP contribution >= 0.6 is 0 Å². The second-order valence-electron chi connectivity index (χ2n) is 3.76. The molecule has 0 saturated carbocycles. The number of nitrogens with zero attached hydrogens (tertiary/aromatic N) is 3. The Morgan fingerprint density at radius 1 is 1.45 bits per heavy atom. The smallest absolute Gasteiger partial charge is 0.366 e. The van der Waals surface area contributed by atoms with Crippen LogP contribution < -0.4 is 0 Å². The Balaban J connectivity index is 2.46. The number of carbonyl (C=O) groups excluding carboxylic acids is 1. The van der Waals surface area contributed by atoms with E-state index in [0.717, 1.165) is 10.9 Å². The highest BCUT2D eigenvalue weighted by atomic mass is 19.1. The molecule has 0 aliphatic rings. The van der Waals surface area contributed by atoms with E-state index in [2.05, 4.69) is 5.10 Å². The predicted molar refractivity (Wildman–Crippen MR) is 66.1 cm³/mol. The van der Waals surface area contributed by atoms with Gasteiger partial charge in [-0.3, -0.25) is 10.1 Å². The molecule has 104 valence electrons. The molecule has 0 saturated heterocycles. The molecule has 0 bridgehead atoms. The minimum atomic E-state index is -0.875. The van der Waals surface area contributed by atoms with Crippen LogP contribution in [0.5, 0.6) is 0 Å². The molecule has 1 heterocycles. The number of esters is 1. The number of hydrogen-bond acceptors (Lipinski definition) is 5. The Morgan fingerprint density at radius 2 is 2.10 bits per heavy atom. The second kappa shape index (κ2) is 5.47. The van der Waals surface area contributed by atoms with E-state index in [1.807, 2.05) is 0 Å². The number of aromatic nitrogens is 2. The lowest BCUT2D eigenvalue weighted by Crippen LogP contribution is -2.08. The van der Waals surface area contributed by atoms with Gasteiger partial charge in [-0.1, -0.05) is 0 Å². The maximum Gasteiger partial charge on any atom is 0.366 e. The van der Waals surface area contributed by atoms with Gasteiger partial charge in [-0.2, -0.15) is 5.10 Å². The highest BCUT2D eigenvalue weighted by Crippen LogP contribution is 2.20. The van der Waals surface area contributed by atoms with Crippen molar-refractivity contribution >= 4 is 11.7 Å². The summed E-state index contributed by atoms with van der Waals surface area (Å²) >= 11 is 0. The van der Waals surface area contributed by atoms with Crippen LogP contribution in [-0.4, -0.2) is 27.3 Å². The van der Waals surface area contributed by atoms with E-state index in [4.69, 9.17) is 4.74 Å². The zero-order valence-corrected chi connectivity index (χ0v) is 10.4.